The van der Waals surface area contributed by atoms with Gasteiger partial charge >= 0.3 is 0 Å². The van der Waals surface area contributed by atoms with Crippen LogP contribution in [-0.4, -0.2) is 51.7 Å². The number of amides is 1. The van der Waals surface area contributed by atoms with Crippen LogP contribution in [0.1, 0.15) is 32.2 Å². The molecule has 0 N–H and O–H groups in total. The molecule has 3 heterocycles. The third kappa shape index (κ3) is 4.55. The minimum Gasteiger partial charge on any atom is -0.335 e. The summed E-state index contributed by atoms with van der Waals surface area (Å²) in [5.41, 5.74) is 4.20. The summed E-state index contributed by atoms with van der Waals surface area (Å²) in [6, 6.07) is 12.5. The van der Waals surface area contributed by atoms with Crippen molar-refractivity contribution < 1.29 is 4.79 Å². The van der Waals surface area contributed by atoms with E-state index in [0.717, 1.165) is 54.6 Å². The van der Waals surface area contributed by atoms with E-state index < -0.39 is 0 Å². The number of aryl methyl sites for hydroxylation is 1. The largest absolute Gasteiger partial charge is 0.335 e. The van der Waals surface area contributed by atoms with Gasteiger partial charge in [-0.1, -0.05) is 41.9 Å². The fourth-order valence-electron chi connectivity index (χ4n) is 3.68. The molecule has 1 fully saturated rings. The van der Waals surface area contributed by atoms with Crippen LogP contribution in [0.5, 0.6) is 0 Å². The van der Waals surface area contributed by atoms with E-state index in [2.05, 4.69) is 34.3 Å². The SMILES string of the molecule is Cc1nn(Cc2csc(C(=O)N3CCN(Cc4ccccc4)CC3)c2)c(C)c1Cl. The van der Waals surface area contributed by atoms with Crippen LogP contribution in [0, 0.1) is 13.8 Å². The fraction of sp³-hybridized carbons (Fsp3) is 0.364. The van der Waals surface area contributed by atoms with Gasteiger partial charge in [-0.05, 0) is 36.4 Å². The number of hydrogen-bond acceptors (Lipinski definition) is 4. The Kier molecular flexibility index (Phi) is 6.04. The molecule has 2 aromatic heterocycles. The predicted octanol–water partition coefficient (Wildman–Crippen LogP) is 4.22. The number of thiophene rings is 1. The van der Waals surface area contributed by atoms with Crippen molar-refractivity contribution in [2.24, 2.45) is 0 Å². The number of carbonyl (C=O) groups excluding carboxylic acids is 1. The molecule has 0 radical (unpaired) electrons. The molecule has 1 amide bonds. The average Bonchev–Trinajstić information content (AvgIpc) is 3.30. The normalized spacial score (nSPS) is 15.1. The van der Waals surface area contributed by atoms with Crippen LogP contribution in [-0.2, 0) is 13.1 Å². The van der Waals surface area contributed by atoms with Crippen LogP contribution in [0.4, 0.5) is 0 Å². The summed E-state index contributed by atoms with van der Waals surface area (Å²) >= 11 is 7.75. The first kappa shape index (κ1) is 20.1. The van der Waals surface area contributed by atoms with Crippen LogP contribution >= 0.6 is 22.9 Å². The molecule has 1 aliphatic rings. The number of hydrogen-bond donors (Lipinski definition) is 0. The van der Waals surface area contributed by atoms with E-state index in [9.17, 15) is 4.79 Å². The lowest BCUT2D eigenvalue weighted by molar-refractivity contribution is 0.0633. The zero-order chi connectivity index (χ0) is 20.4. The highest BCUT2D eigenvalue weighted by Gasteiger charge is 2.23. The second-order valence-electron chi connectivity index (χ2n) is 7.52. The van der Waals surface area contributed by atoms with E-state index in [4.69, 9.17) is 11.6 Å². The predicted molar refractivity (Wildman–Crippen MR) is 118 cm³/mol. The van der Waals surface area contributed by atoms with Crippen molar-refractivity contribution in [3.05, 3.63) is 74.2 Å². The molecule has 0 spiro atoms. The number of benzene rings is 1. The van der Waals surface area contributed by atoms with Gasteiger partial charge in [0.25, 0.3) is 5.91 Å². The number of aromatic nitrogens is 2. The highest BCUT2D eigenvalue weighted by Crippen LogP contribution is 2.23. The maximum atomic E-state index is 12.9. The lowest BCUT2D eigenvalue weighted by Crippen LogP contribution is -2.48. The Balaban J connectivity index is 1.34. The molecule has 0 bridgehead atoms. The van der Waals surface area contributed by atoms with Crippen LogP contribution in [0.25, 0.3) is 0 Å². The molecule has 1 saturated heterocycles. The Bertz CT molecular complexity index is 990. The molecule has 0 atom stereocenters. The van der Waals surface area contributed by atoms with Crippen LogP contribution < -0.4 is 0 Å². The van der Waals surface area contributed by atoms with Crippen LogP contribution in [0.3, 0.4) is 0 Å². The first-order valence-corrected chi connectivity index (χ1v) is 11.1. The molecule has 3 aromatic rings. The molecule has 1 aromatic carbocycles. The second-order valence-corrected chi connectivity index (χ2v) is 8.80. The Hall–Kier alpha value is -2.15. The molecule has 5 nitrogen and oxygen atoms in total. The summed E-state index contributed by atoms with van der Waals surface area (Å²) < 4.78 is 1.90. The van der Waals surface area contributed by atoms with E-state index in [1.165, 1.54) is 16.9 Å². The van der Waals surface area contributed by atoms with Gasteiger partial charge in [-0.2, -0.15) is 5.10 Å². The summed E-state index contributed by atoms with van der Waals surface area (Å²) in [7, 11) is 0. The summed E-state index contributed by atoms with van der Waals surface area (Å²) in [6.07, 6.45) is 0. The van der Waals surface area contributed by atoms with Gasteiger partial charge in [0.2, 0.25) is 0 Å². The van der Waals surface area contributed by atoms with E-state index >= 15 is 0 Å². The van der Waals surface area contributed by atoms with Gasteiger partial charge in [0, 0.05) is 32.7 Å². The van der Waals surface area contributed by atoms with E-state index in [0.29, 0.717) is 11.6 Å². The van der Waals surface area contributed by atoms with Crippen LogP contribution in [0.15, 0.2) is 41.8 Å². The molecular weight excluding hydrogens is 404 g/mol. The second kappa shape index (κ2) is 8.69. The van der Waals surface area contributed by atoms with Gasteiger partial charge in [-0.25, -0.2) is 0 Å². The van der Waals surface area contributed by atoms with Crippen molar-refractivity contribution in [3.8, 4) is 0 Å². The van der Waals surface area contributed by atoms with Gasteiger partial charge in [0.05, 0.1) is 27.8 Å². The number of nitrogens with zero attached hydrogens (tertiary/aromatic N) is 4. The Labute approximate surface area is 180 Å². The summed E-state index contributed by atoms with van der Waals surface area (Å²) in [4.78, 5) is 18.1. The van der Waals surface area contributed by atoms with Crippen molar-refractivity contribution in [1.82, 2.24) is 19.6 Å². The molecule has 0 saturated carbocycles. The van der Waals surface area contributed by atoms with Crippen molar-refractivity contribution in [1.29, 1.82) is 0 Å². The maximum Gasteiger partial charge on any atom is 0.264 e. The molecular formula is C22H25ClN4OS. The van der Waals surface area contributed by atoms with Gasteiger partial charge in [-0.15, -0.1) is 11.3 Å². The topological polar surface area (TPSA) is 41.4 Å². The maximum absolute atomic E-state index is 12.9. The minimum absolute atomic E-state index is 0.131. The lowest BCUT2D eigenvalue weighted by Gasteiger charge is -2.34. The van der Waals surface area contributed by atoms with Gasteiger partial charge in [0.15, 0.2) is 0 Å². The van der Waals surface area contributed by atoms with Gasteiger partial charge in [0.1, 0.15) is 0 Å². The third-order valence-corrected chi connectivity index (χ3v) is 6.91. The summed E-state index contributed by atoms with van der Waals surface area (Å²) in [5.74, 6) is 0.131. The molecule has 7 heteroatoms. The van der Waals surface area contributed by atoms with E-state index in [1.807, 2.05) is 40.9 Å². The molecule has 4 rings (SSSR count). The van der Waals surface area contributed by atoms with Crippen molar-refractivity contribution in [2.45, 2.75) is 26.9 Å². The van der Waals surface area contributed by atoms with Gasteiger partial charge in [-0.3, -0.25) is 14.4 Å². The smallest absolute Gasteiger partial charge is 0.264 e. The highest BCUT2D eigenvalue weighted by molar-refractivity contribution is 7.12. The van der Waals surface area contributed by atoms with E-state index in [-0.39, 0.29) is 5.91 Å². The minimum atomic E-state index is 0.131. The molecule has 0 unspecified atom stereocenters. The highest BCUT2D eigenvalue weighted by atomic mass is 35.5. The first-order chi connectivity index (χ1) is 14.0. The average molecular weight is 429 g/mol. The first-order valence-electron chi connectivity index (χ1n) is 9.83. The van der Waals surface area contributed by atoms with Gasteiger partial charge < -0.3 is 4.90 Å². The number of halogens is 1. The quantitative estimate of drug-likeness (QED) is 0.610. The molecule has 29 heavy (non-hydrogen) atoms. The Morgan fingerprint density at radius 1 is 1.07 bits per heavy atom. The van der Waals surface area contributed by atoms with E-state index in [1.54, 1.807) is 0 Å². The zero-order valence-electron chi connectivity index (χ0n) is 16.8. The fourth-order valence-corrected chi connectivity index (χ4v) is 4.68. The van der Waals surface area contributed by atoms with Crippen molar-refractivity contribution in [2.75, 3.05) is 26.2 Å². The zero-order valence-corrected chi connectivity index (χ0v) is 18.3. The lowest BCUT2D eigenvalue weighted by atomic mass is 10.2. The molecule has 1 aliphatic heterocycles. The van der Waals surface area contributed by atoms with Crippen molar-refractivity contribution in [3.63, 3.8) is 0 Å². The number of piperazine rings is 1. The standard InChI is InChI=1S/C22H25ClN4OS/c1-16-21(23)17(2)27(24-16)14-19-12-20(29-15-19)22(28)26-10-8-25(9-11-26)13-18-6-4-3-5-7-18/h3-7,12,15H,8-11,13-14H2,1-2H3. The Morgan fingerprint density at radius 3 is 2.45 bits per heavy atom. The number of carbonyl (C=O) groups is 1. The molecule has 0 aliphatic carbocycles. The number of rotatable bonds is 5. The third-order valence-electron chi connectivity index (χ3n) is 5.40. The molecule has 152 valence electrons. The van der Waals surface area contributed by atoms with Crippen LogP contribution in [0.2, 0.25) is 5.02 Å². The summed E-state index contributed by atoms with van der Waals surface area (Å²) in [6.45, 7) is 8.80. The summed E-state index contributed by atoms with van der Waals surface area (Å²) in [5, 5.41) is 7.24. The monoisotopic (exact) mass is 428 g/mol. The van der Waals surface area contributed by atoms with Crippen molar-refractivity contribution >= 4 is 28.8 Å². The Morgan fingerprint density at radius 2 is 1.79 bits per heavy atom.